The van der Waals surface area contributed by atoms with Gasteiger partial charge in [-0.05, 0) is 49.4 Å². The molecule has 1 atom stereocenters. The lowest BCUT2D eigenvalue weighted by Gasteiger charge is -2.18. The summed E-state index contributed by atoms with van der Waals surface area (Å²) in [5.41, 5.74) is 1.75. The zero-order chi connectivity index (χ0) is 21.3. The van der Waals surface area contributed by atoms with E-state index in [-0.39, 0.29) is 12.2 Å². The van der Waals surface area contributed by atoms with Gasteiger partial charge in [0.2, 0.25) is 0 Å². The molecule has 0 bridgehead atoms. The Morgan fingerprint density at radius 1 is 1.20 bits per heavy atom. The lowest BCUT2D eigenvalue weighted by Crippen LogP contribution is -2.30. The average molecular weight is 443 g/mol. The maximum atomic E-state index is 14.2. The Hall–Kier alpha value is -2.79. The fourth-order valence-electron chi connectivity index (χ4n) is 3.43. The SMILES string of the molecule is COP(=O)(c1cccc(C)c1)c1c(C(=O)NCc2ccco2)[nH]c2ccc(Cl)cc12. The summed E-state index contributed by atoms with van der Waals surface area (Å²) < 4.78 is 25.1. The fraction of sp³-hybridized carbons (Fsp3) is 0.136. The number of carbonyl (C=O) groups is 1. The Morgan fingerprint density at radius 2 is 2.03 bits per heavy atom. The van der Waals surface area contributed by atoms with Crippen molar-refractivity contribution in [3.05, 3.63) is 82.9 Å². The highest BCUT2D eigenvalue weighted by molar-refractivity contribution is 7.75. The maximum absolute atomic E-state index is 14.2. The Balaban J connectivity index is 1.88. The van der Waals surface area contributed by atoms with E-state index >= 15 is 0 Å². The summed E-state index contributed by atoms with van der Waals surface area (Å²) in [6, 6.07) is 15.9. The number of furan rings is 1. The molecule has 0 radical (unpaired) electrons. The summed E-state index contributed by atoms with van der Waals surface area (Å²) in [6.45, 7) is 2.11. The molecule has 0 saturated carbocycles. The van der Waals surface area contributed by atoms with Crippen molar-refractivity contribution in [1.82, 2.24) is 10.3 Å². The van der Waals surface area contributed by atoms with Gasteiger partial charge in [-0.3, -0.25) is 9.36 Å². The molecule has 1 unspecified atom stereocenters. The lowest BCUT2D eigenvalue weighted by molar-refractivity contribution is 0.0945. The number of aromatic amines is 1. The molecule has 30 heavy (non-hydrogen) atoms. The van der Waals surface area contributed by atoms with Crippen molar-refractivity contribution < 1.29 is 18.3 Å². The third-order valence-corrected chi connectivity index (χ3v) is 7.62. The standard InChI is InChI=1S/C22H20ClN2O4P/c1-14-5-3-7-17(11-14)30(27,28-2)21-18-12-15(23)8-9-19(18)25-20(21)22(26)24-13-16-6-4-10-29-16/h3-12,25H,13H2,1-2H3,(H,24,26). The van der Waals surface area contributed by atoms with Gasteiger partial charge in [0.15, 0.2) is 0 Å². The van der Waals surface area contributed by atoms with Crippen molar-refractivity contribution in [3.63, 3.8) is 0 Å². The molecule has 4 rings (SSSR count). The normalized spacial score (nSPS) is 13.3. The monoisotopic (exact) mass is 442 g/mol. The van der Waals surface area contributed by atoms with Gasteiger partial charge in [-0.15, -0.1) is 0 Å². The van der Waals surface area contributed by atoms with E-state index < -0.39 is 13.3 Å². The predicted octanol–water partition coefficient (Wildman–Crippen LogP) is 4.53. The second-order valence-corrected chi connectivity index (χ2v) is 9.74. The molecule has 4 aromatic rings. The van der Waals surface area contributed by atoms with Gasteiger partial charge in [-0.1, -0.05) is 29.3 Å². The molecule has 2 aromatic heterocycles. The quantitative estimate of drug-likeness (QED) is 0.430. The maximum Gasteiger partial charge on any atom is 0.268 e. The minimum Gasteiger partial charge on any atom is -0.467 e. The molecule has 0 aliphatic carbocycles. The van der Waals surface area contributed by atoms with Crippen LogP contribution in [0.3, 0.4) is 0 Å². The van der Waals surface area contributed by atoms with Crippen molar-refractivity contribution >= 4 is 46.4 Å². The van der Waals surface area contributed by atoms with Crippen LogP contribution in [0, 0.1) is 6.92 Å². The van der Waals surface area contributed by atoms with E-state index in [9.17, 15) is 9.36 Å². The van der Waals surface area contributed by atoms with Crippen molar-refractivity contribution in [3.8, 4) is 0 Å². The zero-order valence-electron chi connectivity index (χ0n) is 16.4. The number of rotatable bonds is 6. The molecular weight excluding hydrogens is 423 g/mol. The highest BCUT2D eigenvalue weighted by Gasteiger charge is 2.36. The Kier molecular flexibility index (Phi) is 5.56. The van der Waals surface area contributed by atoms with Gasteiger partial charge >= 0.3 is 0 Å². The van der Waals surface area contributed by atoms with Gasteiger partial charge in [0.1, 0.15) is 11.5 Å². The summed E-state index contributed by atoms with van der Waals surface area (Å²) >= 11 is 6.22. The number of hydrogen-bond acceptors (Lipinski definition) is 4. The minimum absolute atomic E-state index is 0.172. The molecule has 1 amide bonds. The molecule has 154 valence electrons. The van der Waals surface area contributed by atoms with Gasteiger partial charge in [0.25, 0.3) is 13.3 Å². The number of H-pyrrole nitrogens is 1. The van der Waals surface area contributed by atoms with Crippen LogP contribution in [-0.2, 0) is 15.6 Å². The van der Waals surface area contributed by atoms with E-state index in [2.05, 4.69) is 10.3 Å². The van der Waals surface area contributed by atoms with Gasteiger partial charge < -0.3 is 19.2 Å². The van der Waals surface area contributed by atoms with Gasteiger partial charge in [-0.2, -0.15) is 0 Å². The summed E-state index contributed by atoms with van der Waals surface area (Å²) in [4.78, 5) is 16.2. The van der Waals surface area contributed by atoms with Crippen LogP contribution in [-0.4, -0.2) is 18.0 Å². The van der Waals surface area contributed by atoms with Crippen molar-refractivity contribution in [2.45, 2.75) is 13.5 Å². The second kappa shape index (κ2) is 8.15. The molecule has 0 aliphatic heterocycles. The van der Waals surface area contributed by atoms with Crippen LogP contribution >= 0.6 is 19.0 Å². The van der Waals surface area contributed by atoms with Crippen LogP contribution in [0.25, 0.3) is 10.9 Å². The van der Waals surface area contributed by atoms with Crippen LogP contribution in [0.2, 0.25) is 5.02 Å². The van der Waals surface area contributed by atoms with Gasteiger partial charge in [0.05, 0.1) is 18.1 Å². The van der Waals surface area contributed by atoms with Gasteiger partial charge in [0, 0.05) is 28.3 Å². The summed E-state index contributed by atoms with van der Waals surface area (Å²) in [5, 5.41) is 4.66. The van der Waals surface area contributed by atoms with Crippen LogP contribution in [0.1, 0.15) is 21.8 Å². The Morgan fingerprint density at radius 3 is 2.73 bits per heavy atom. The first kappa shape index (κ1) is 20.5. The lowest BCUT2D eigenvalue weighted by atomic mass is 10.2. The number of fused-ring (bicyclic) bond motifs is 1. The number of carbonyl (C=O) groups excluding carboxylic acids is 1. The van der Waals surface area contributed by atoms with Crippen LogP contribution in [0.15, 0.2) is 65.3 Å². The number of aryl methyl sites for hydroxylation is 1. The van der Waals surface area contributed by atoms with Crippen LogP contribution < -0.4 is 15.9 Å². The van der Waals surface area contributed by atoms with Crippen LogP contribution in [0.5, 0.6) is 0 Å². The second-order valence-electron chi connectivity index (χ2n) is 6.87. The number of aromatic nitrogens is 1. The topological polar surface area (TPSA) is 84.3 Å². The fourth-order valence-corrected chi connectivity index (χ4v) is 5.86. The summed E-state index contributed by atoms with van der Waals surface area (Å²) in [7, 11) is -2.21. The van der Waals surface area contributed by atoms with E-state index in [1.54, 1.807) is 42.5 Å². The first-order chi connectivity index (χ1) is 14.4. The van der Waals surface area contributed by atoms with Gasteiger partial charge in [-0.25, -0.2) is 0 Å². The van der Waals surface area contributed by atoms with E-state index in [1.165, 1.54) is 13.4 Å². The third kappa shape index (κ3) is 3.70. The average Bonchev–Trinajstić information content (AvgIpc) is 3.39. The van der Waals surface area contributed by atoms with E-state index in [0.29, 0.717) is 32.3 Å². The van der Waals surface area contributed by atoms with E-state index in [1.807, 2.05) is 19.1 Å². The number of nitrogens with one attached hydrogen (secondary N) is 2. The highest BCUT2D eigenvalue weighted by atomic mass is 35.5. The number of halogens is 1. The Labute approximate surface area is 178 Å². The van der Waals surface area contributed by atoms with E-state index in [0.717, 1.165) is 5.56 Å². The third-order valence-electron chi connectivity index (χ3n) is 4.86. The molecule has 8 heteroatoms. The van der Waals surface area contributed by atoms with Crippen LogP contribution in [0.4, 0.5) is 0 Å². The molecule has 2 N–H and O–H groups in total. The molecule has 2 heterocycles. The Bertz CT molecular complexity index is 1260. The van der Waals surface area contributed by atoms with Crippen molar-refractivity contribution in [2.24, 2.45) is 0 Å². The van der Waals surface area contributed by atoms with Crippen molar-refractivity contribution in [1.29, 1.82) is 0 Å². The van der Waals surface area contributed by atoms with E-state index in [4.69, 9.17) is 20.5 Å². The first-order valence-electron chi connectivity index (χ1n) is 9.28. The highest BCUT2D eigenvalue weighted by Crippen LogP contribution is 2.47. The molecule has 0 fully saturated rings. The molecule has 0 aliphatic rings. The first-order valence-corrected chi connectivity index (χ1v) is 11.3. The number of benzene rings is 2. The zero-order valence-corrected chi connectivity index (χ0v) is 18.1. The molecule has 0 saturated heterocycles. The predicted molar refractivity (Wildman–Crippen MR) is 118 cm³/mol. The molecular formula is C22H20ClN2O4P. The molecule has 0 spiro atoms. The smallest absolute Gasteiger partial charge is 0.268 e. The summed E-state index contributed by atoms with van der Waals surface area (Å²) in [6.07, 6.45) is 1.54. The summed E-state index contributed by atoms with van der Waals surface area (Å²) in [5.74, 6) is 0.191. The number of hydrogen-bond donors (Lipinski definition) is 2. The molecule has 6 nitrogen and oxygen atoms in total. The largest absolute Gasteiger partial charge is 0.467 e. The minimum atomic E-state index is -3.60. The molecule has 2 aromatic carbocycles. The number of amides is 1. The van der Waals surface area contributed by atoms with Crippen molar-refractivity contribution in [2.75, 3.05) is 7.11 Å².